The molecule has 1 unspecified atom stereocenters. The van der Waals surface area contributed by atoms with E-state index in [2.05, 4.69) is 5.48 Å². The SMILES string of the molecule is CCOC(=O)C(COC)NOCc1ccccc1. The maximum absolute atomic E-state index is 11.5. The predicted octanol–water partition coefficient (Wildman–Crippen LogP) is 1.29. The van der Waals surface area contributed by atoms with Crippen LogP contribution in [0.2, 0.25) is 0 Å². The van der Waals surface area contributed by atoms with Gasteiger partial charge in [-0.15, -0.1) is 0 Å². The second-order valence-electron chi connectivity index (χ2n) is 3.65. The molecule has 0 aliphatic carbocycles. The zero-order valence-electron chi connectivity index (χ0n) is 10.7. The molecule has 0 aromatic heterocycles. The summed E-state index contributed by atoms with van der Waals surface area (Å²) in [6.07, 6.45) is 0. The first-order chi connectivity index (χ1) is 8.77. The summed E-state index contributed by atoms with van der Waals surface area (Å²) in [5.74, 6) is -0.382. The molecule has 0 amide bonds. The Morgan fingerprint density at radius 1 is 1.33 bits per heavy atom. The Bertz CT molecular complexity index is 342. The lowest BCUT2D eigenvalue weighted by molar-refractivity contribution is -0.153. The van der Waals surface area contributed by atoms with Gasteiger partial charge in [-0.2, -0.15) is 5.48 Å². The lowest BCUT2D eigenvalue weighted by Crippen LogP contribution is -2.41. The average Bonchev–Trinajstić information content (AvgIpc) is 2.39. The van der Waals surface area contributed by atoms with Gasteiger partial charge < -0.3 is 9.47 Å². The summed E-state index contributed by atoms with van der Waals surface area (Å²) in [5.41, 5.74) is 3.67. The highest BCUT2D eigenvalue weighted by Crippen LogP contribution is 2.00. The molecule has 0 heterocycles. The summed E-state index contributed by atoms with van der Waals surface area (Å²) in [6.45, 7) is 2.67. The summed E-state index contributed by atoms with van der Waals surface area (Å²) in [4.78, 5) is 16.8. The topological polar surface area (TPSA) is 56.8 Å². The number of methoxy groups -OCH3 is 1. The van der Waals surface area contributed by atoms with E-state index in [0.29, 0.717) is 13.2 Å². The van der Waals surface area contributed by atoms with Crippen molar-refractivity contribution >= 4 is 5.97 Å². The summed E-state index contributed by atoms with van der Waals surface area (Å²) in [7, 11) is 1.52. The van der Waals surface area contributed by atoms with Crippen molar-refractivity contribution in [2.24, 2.45) is 0 Å². The van der Waals surface area contributed by atoms with Crippen molar-refractivity contribution in [3.8, 4) is 0 Å². The zero-order chi connectivity index (χ0) is 13.2. The highest BCUT2D eigenvalue weighted by atomic mass is 16.7. The Hall–Kier alpha value is -1.43. The number of benzene rings is 1. The number of hydroxylamine groups is 1. The van der Waals surface area contributed by atoms with Crippen LogP contribution in [0.1, 0.15) is 12.5 Å². The van der Waals surface area contributed by atoms with Gasteiger partial charge in [-0.3, -0.25) is 9.63 Å². The quantitative estimate of drug-likeness (QED) is 0.559. The van der Waals surface area contributed by atoms with Gasteiger partial charge in [-0.25, -0.2) is 0 Å². The summed E-state index contributed by atoms with van der Waals surface area (Å²) < 4.78 is 9.83. The van der Waals surface area contributed by atoms with Crippen molar-refractivity contribution in [3.05, 3.63) is 35.9 Å². The first-order valence-corrected chi connectivity index (χ1v) is 5.84. The number of hydrogen-bond donors (Lipinski definition) is 1. The van der Waals surface area contributed by atoms with Crippen LogP contribution in [0.4, 0.5) is 0 Å². The molecule has 1 N–H and O–H groups in total. The van der Waals surface area contributed by atoms with Crippen LogP contribution < -0.4 is 5.48 Å². The van der Waals surface area contributed by atoms with Crippen LogP contribution in [0.3, 0.4) is 0 Å². The van der Waals surface area contributed by atoms with Crippen LogP contribution in [-0.4, -0.2) is 32.3 Å². The Labute approximate surface area is 107 Å². The molecule has 0 saturated heterocycles. The molecule has 5 nitrogen and oxygen atoms in total. The summed E-state index contributed by atoms with van der Waals surface area (Å²) >= 11 is 0. The van der Waals surface area contributed by atoms with Gasteiger partial charge in [0.25, 0.3) is 0 Å². The van der Waals surface area contributed by atoms with E-state index in [1.54, 1.807) is 6.92 Å². The van der Waals surface area contributed by atoms with Crippen LogP contribution in [0.15, 0.2) is 30.3 Å². The molecule has 0 aliphatic heterocycles. The number of rotatable bonds is 8. The van der Waals surface area contributed by atoms with Gasteiger partial charge in [-0.05, 0) is 12.5 Å². The predicted molar refractivity (Wildman–Crippen MR) is 66.7 cm³/mol. The molecule has 0 radical (unpaired) electrons. The van der Waals surface area contributed by atoms with E-state index in [1.807, 2.05) is 30.3 Å². The Balaban J connectivity index is 2.35. The molecular weight excluding hydrogens is 234 g/mol. The van der Waals surface area contributed by atoms with Crippen LogP contribution in [0.25, 0.3) is 0 Å². The number of hydrogen-bond acceptors (Lipinski definition) is 5. The van der Waals surface area contributed by atoms with Gasteiger partial charge in [0.05, 0.1) is 19.8 Å². The molecule has 0 bridgehead atoms. The van der Waals surface area contributed by atoms with Gasteiger partial charge in [0.15, 0.2) is 6.04 Å². The van der Waals surface area contributed by atoms with E-state index >= 15 is 0 Å². The van der Waals surface area contributed by atoms with Gasteiger partial charge >= 0.3 is 5.97 Å². The van der Waals surface area contributed by atoms with Gasteiger partial charge in [-0.1, -0.05) is 30.3 Å². The Morgan fingerprint density at radius 3 is 2.67 bits per heavy atom. The smallest absolute Gasteiger partial charge is 0.327 e. The molecule has 1 atom stereocenters. The van der Waals surface area contributed by atoms with Gasteiger partial charge in [0.2, 0.25) is 0 Å². The standard InChI is InChI=1S/C13H19NO4/c1-3-17-13(15)12(10-16-2)14-18-9-11-7-5-4-6-8-11/h4-8,12,14H,3,9-10H2,1-2H3. The van der Waals surface area contributed by atoms with Crippen LogP contribution in [-0.2, 0) is 25.7 Å². The molecule has 18 heavy (non-hydrogen) atoms. The number of ether oxygens (including phenoxy) is 2. The second kappa shape index (κ2) is 8.63. The first kappa shape index (κ1) is 14.6. The fourth-order valence-electron chi connectivity index (χ4n) is 1.36. The minimum atomic E-state index is -0.612. The third-order valence-electron chi connectivity index (χ3n) is 2.21. The van der Waals surface area contributed by atoms with Crippen LogP contribution in [0.5, 0.6) is 0 Å². The normalized spacial score (nSPS) is 12.1. The maximum atomic E-state index is 11.5. The van der Waals surface area contributed by atoms with Crippen LogP contribution in [0, 0.1) is 0 Å². The molecule has 1 rings (SSSR count). The van der Waals surface area contributed by atoms with Crippen molar-refractivity contribution in [3.63, 3.8) is 0 Å². The monoisotopic (exact) mass is 253 g/mol. The molecule has 0 fully saturated rings. The summed E-state index contributed by atoms with van der Waals surface area (Å²) in [5, 5.41) is 0. The van der Waals surface area contributed by atoms with E-state index in [1.165, 1.54) is 7.11 Å². The molecule has 5 heteroatoms. The molecule has 0 spiro atoms. The minimum absolute atomic E-state index is 0.202. The number of carbonyl (C=O) groups excluding carboxylic acids is 1. The fourth-order valence-corrected chi connectivity index (χ4v) is 1.36. The summed E-state index contributed by atoms with van der Waals surface area (Å²) in [6, 6.07) is 9.06. The van der Waals surface area contributed by atoms with E-state index in [4.69, 9.17) is 14.3 Å². The Kier molecular flexibility index (Phi) is 7.01. The molecular formula is C13H19NO4. The number of nitrogens with one attached hydrogen (secondary N) is 1. The lowest BCUT2D eigenvalue weighted by Gasteiger charge is -2.16. The molecule has 1 aromatic rings. The second-order valence-corrected chi connectivity index (χ2v) is 3.65. The van der Waals surface area contributed by atoms with Crippen molar-refractivity contribution < 1.29 is 19.1 Å². The largest absolute Gasteiger partial charge is 0.465 e. The maximum Gasteiger partial charge on any atom is 0.327 e. The number of esters is 1. The van der Waals surface area contributed by atoms with E-state index in [-0.39, 0.29) is 12.6 Å². The molecule has 0 saturated carbocycles. The van der Waals surface area contributed by atoms with Gasteiger partial charge in [0, 0.05) is 7.11 Å². The van der Waals surface area contributed by atoms with Crippen molar-refractivity contribution in [1.82, 2.24) is 5.48 Å². The van der Waals surface area contributed by atoms with E-state index in [9.17, 15) is 4.79 Å². The van der Waals surface area contributed by atoms with Crippen molar-refractivity contribution in [2.45, 2.75) is 19.6 Å². The first-order valence-electron chi connectivity index (χ1n) is 5.84. The van der Waals surface area contributed by atoms with E-state index in [0.717, 1.165) is 5.56 Å². The van der Waals surface area contributed by atoms with Gasteiger partial charge in [0.1, 0.15) is 0 Å². The third kappa shape index (κ3) is 5.27. The third-order valence-corrected chi connectivity index (χ3v) is 2.21. The molecule has 100 valence electrons. The molecule has 0 aliphatic rings. The fraction of sp³-hybridized carbons (Fsp3) is 0.462. The lowest BCUT2D eigenvalue weighted by atomic mass is 10.2. The molecule has 1 aromatic carbocycles. The van der Waals surface area contributed by atoms with Crippen molar-refractivity contribution in [1.29, 1.82) is 0 Å². The van der Waals surface area contributed by atoms with E-state index < -0.39 is 6.04 Å². The minimum Gasteiger partial charge on any atom is -0.465 e. The Morgan fingerprint density at radius 2 is 2.06 bits per heavy atom. The van der Waals surface area contributed by atoms with Crippen LogP contribution >= 0.6 is 0 Å². The average molecular weight is 253 g/mol. The zero-order valence-corrected chi connectivity index (χ0v) is 10.7. The highest BCUT2D eigenvalue weighted by Gasteiger charge is 2.19. The van der Waals surface area contributed by atoms with Crippen molar-refractivity contribution in [2.75, 3.05) is 20.3 Å². The highest BCUT2D eigenvalue weighted by molar-refractivity contribution is 5.75. The number of carbonyl (C=O) groups is 1.